The summed E-state index contributed by atoms with van der Waals surface area (Å²) in [7, 11) is 0. The van der Waals surface area contributed by atoms with Gasteiger partial charge < -0.3 is 40.9 Å². The van der Waals surface area contributed by atoms with Gasteiger partial charge in [-0.05, 0) is 47.2 Å². The lowest BCUT2D eigenvalue weighted by Crippen LogP contribution is -2.54. The van der Waals surface area contributed by atoms with Crippen LogP contribution in [0.2, 0.25) is 0 Å². The first-order valence-corrected chi connectivity index (χ1v) is 13.1. The summed E-state index contributed by atoms with van der Waals surface area (Å²) in [6.07, 6.45) is 0.890. The zero-order valence-corrected chi connectivity index (χ0v) is 22.8. The van der Waals surface area contributed by atoms with Crippen LogP contribution in [-0.2, 0) is 48.7 Å². The molecule has 0 bridgehead atoms. The maximum Gasteiger partial charge on any atom is 0.323 e. The van der Waals surface area contributed by atoms with Gasteiger partial charge >= 0.3 is 11.9 Å². The molecular weight excluding hydrogens is 524 g/mol. The van der Waals surface area contributed by atoms with E-state index in [-0.39, 0.29) is 44.3 Å². The first-order chi connectivity index (χ1) is 19.0. The van der Waals surface area contributed by atoms with Gasteiger partial charge in [0.1, 0.15) is 17.5 Å². The number of hydrogen-bond acceptors (Lipinski definition) is 10. The Labute approximate surface area is 233 Å². The van der Waals surface area contributed by atoms with Crippen molar-refractivity contribution in [2.24, 2.45) is 0 Å². The molecule has 0 fully saturated rings. The quantitative estimate of drug-likeness (QED) is 0.132. The van der Waals surface area contributed by atoms with Gasteiger partial charge in [0.25, 0.3) is 0 Å². The summed E-state index contributed by atoms with van der Waals surface area (Å²) >= 11 is 0. The largest absolute Gasteiger partial charge is 0.508 e. The number of aliphatic carboxylic acids is 2. The Balaban J connectivity index is 2.55. The van der Waals surface area contributed by atoms with E-state index < -0.39 is 43.8 Å². The third-order valence-electron chi connectivity index (χ3n) is 7.06. The molecule has 0 aliphatic rings. The van der Waals surface area contributed by atoms with Gasteiger partial charge in [-0.3, -0.25) is 19.4 Å². The maximum absolute atomic E-state index is 12.1. The number of carbonyl (C=O) groups is 2. The number of phenols is 2. The highest BCUT2D eigenvalue weighted by molar-refractivity contribution is 5.73. The Morgan fingerprint density at radius 2 is 1.50 bits per heavy atom. The fourth-order valence-electron chi connectivity index (χ4n) is 5.03. The first kappa shape index (κ1) is 32.9. The van der Waals surface area contributed by atoms with Gasteiger partial charge in [-0.2, -0.15) is 0 Å². The minimum Gasteiger partial charge on any atom is -0.508 e. The molecular formula is C28H40N2O10. The van der Waals surface area contributed by atoms with E-state index in [0.29, 0.717) is 46.2 Å². The number of phenolic OH excluding ortho intramolecular Hbond substituents is 2. The Bertz CT molecular complexity index is 1160. The van der Waals surface area contributed by atoms with Crippen LogP contribution in [-0.4, -0.2) is 101 Å². The Morgan fingerprint density at radius 3 is 2.00 bits per heavy atom. The molecule has 0 amide bonds. The predicted octanol–water partition coefficient (Wildman–Crippen LogP) is 0.402. The van der Waals surface area contributed by atoms with Crippen LogP contribution in [0.15, 0.2) is 24.3 Å². The number of aryl methyl sites for hydroxylation is 1. The lowest BCUT2D eigenvalue weighted by Gasteiger charge is -2.38. The molecule has 0 saturated heterocycles. The highest BCUT2D eigenvalue weighted by Crippen LogP contribution is 2.30. The molecule has 2 aromatic rings. The van der Waals surface area contributed by atoms with E-state index in [1.54, 1.807) is 19.1 Å². The van der Waals surface area contributed by atoms with Gasteiger partial charge in [0.15, 0.2) is 0 Å². The molecule has 222 valence electrons. The summed E-state index contributed by atoms with van der Waals surface area (Å²) in [4.78, 5) is 26.6. The molecule has 12 nitrogen and oxygen atoms in total. The molecule has 8 N–H and O–H groups in total. The van der Waals surface area contributed by atoms with Crippen LogP contribution in [0.25, 0.3) is 0 Å². The summed E-state index contributed by atoms with van der Waals surface area (Å²) < 4.78 is 0. The van der Waals surface area contributed by atoms with Crippen LogP contribution in [0, 0.1) is 0 Å². The van der Waals surface area contributed by atoms with E-state index in [2.05, 4.69) is 0 Å². The summed E-state index contributed by atoms with van der Waals surface area (Å²) in [6, 6.07) is 3.51. The van der Waals surface area contributed by atoms with E-state index in [9.17, 15) is 50.4 Å². The topological polar surface area (TPSA) is 202 Å². The van der Waals surface area contributed by atoms with E-state index >= 15 is 0 Å². The van der Waals surface area contributed by atoms with Gasteiger partial charge in [0.2, 0.25) is 0 Å². The van der Waals surface area contributed by atoms with Crippen molar-refractivity contribution in [3.05, 3.63) is 57.6 Å². The first-order valence-electron chi connectivity index (χ1n) is 13.1. The number of rotatable bonds is 17. The van der Waals surface area contributed by atoms with Crippen molar-refractivity contribution in [2.45, 2.75) is 65.1 Å². The number of aliphatic hydroxyl groups is 4. The van der Waals surface area contributed by atoms with Gasteiger partial charge in [-0.1, -0.05) is 26.0 Å². The van der Waals surface area contributed by atoms with Crippen molar-refractivity contribution in [2.75, 3.05) is 26.3 Å². The average molecular weight is 565 g/mol. The second-order valence-corrected chi connectivity index (χ2v) is 9.59. The fourth-order valence-corrected chi connectivity index (χ4v) is 5.03. The molecule has 12 heteroatoms. The third kappa shape index (κ3) is 8.13. The van der Waals surface area contributed by atoms with Gasteiger partial charge in [-0.25, -0.2) is 0 Å². The van der Waals surface area contributed by atoms with Gasteiger partial charge in [-0.15, -0.1) is 0 Å². The molecule has 0 spiro atoms. The lowest BCUT2D eigenvalue weighted by molar-refractivity contribution is -0.148. The van der Waals surface area contributed by atoms with Gasteiger partial charge in [0, 0.05) is 36.8 Å². The number of carboxylic acids is 2. The van der Waals surface area contributed by atoms with Crippen LogP contribution >= 0.6 is 0 Å². The smallest absolute Gasteiger partial charge is 0.323 e. The van der Waals surface area contributed by atoms with Crippen molar-refractivity contribution in [1.29, 1.82) is 0 Å². The zero-order valence-electron chi connectivity index (χ0n) is 22.8. The summed E-state index contributed by atoms with van der Waals surface area (Å²) in [5.74, 6) is -2.85. The number of benzene rings is 2. The van der Waals surface area contributed by atoms with Crippen LogP contribution in [0.5, 0.6) is 11.5 Å². The second kappa shape index (κ2) is 15.5. The second-order valence-electron chi connectivity index (χ2n) is 9.59. The average Bonchev–Trinajstić information content (AvgIpc) is 2.92. The zero-order chi connectivity index (χ0) is 30.0. The van der Waals surface area contributed by atoms with E-state index in [4.69, 9.17) is 0 Å². The van der Waals surface area contributed by atoms with Crippen LogP contribution in [0.4, 0.5) is 0 Å². The molecule has 0 radical (unpaired) electrons. The number of aromatic hydroxyl groups is 2. The summed E-state index contributed by atoms with van der Waals surface area (Å²) in [6.45, 7) is 0.666. The molecule has 2 atom stereocenters. The van der Waals surface area contributed by atoms with E-state index in [1.165, 1.54) is 21.9 Å². The predicted molar refractivity (Wildman–Crippen MR) is 145 cm³/mol. The molecule has 0 aliphatic carbocycles. The summed E-state index contributed by atoms with van der Waals surface area (Å²) in [5.41, 5.74) is 3.06. The molecule has 2 aromatic carbocycles. The van der Waals surface area contributed by atoms with E-state index in [0.717, 1.165) is 0 Å². The fraction of sp³-hybridized carbons (Fsp3) is 0.500. The Kier molecular flexibility index (Phi) is 12.8. The van der Waals surface area contributed by atoms with Crippen LogP contribution in [0.3, 0.4) is 0 Å². The number of hydrogen-bond donors (Lipinski definition) is 8. The van der Waals surface area contributed by atoms with Crippen molar-refractivity contribution >= 4 is 11.9 Å². The minimum atomic E-state index is -1.51. The lowest BCUT2D eigenvalue weighted by atomic mass is 9.96. The molecule has 0 aliphatic heterocycles. The van der Waals surface area contributed by atoms with Crippen LogP contribution < -0.4 is 0 Å². The third-order valence-corrected chi connectivity index (χ3v) is 7.06. The Hall–Kier alpha value is -3.26. The molecule has 0 heterocycles. The highest BCUT2D eigenvalue weighted by atomic mass is 16.4. The molecule has 0 aromatic heterocycles. The van der Waals surface area contributed by atoms with Crippen molar-refractivity contribution < 1.29 is 50.4 Å². The number of aliphatic hydroxyl groups excluding tert-OH is 4. The molecule has 1 unspecified atom stereocenters. The van der Waals surface area contributed by atoms with Crippen molar-refractivity contribution in [1.82, 2.24) is 9.80 Å². The SMILES string of the molecule is CCc1cc(CO)cc(O)c1CN(CC(=O)O)CC(CO)N(Cc1c(O)ccc(CO)c1CC)[C@H](CO)C(=O)O. The van der Waals surface area contributed by atoms with E-state index in [1.807, 2.05) is 6.92 Å². The summed E-state index contributed by atoms with van der Waals surface area (Å²) in [5, 5.41) is 80.4. The molecule has 0 saturated carbocycles. The number of nitrogens with zero attached hydrogens (tertiary/aromatic N) is 2. The van der Waals surface area contributed by atoms with Crippen LogP contribution in [0.1, 0.15) is 47.2 Å². The maximum atomic E-state index is 12.1. The highest BCUT2D eigenvalue weighted by Gasteiger charge is 2.34. The normalized spacial score (nSPS) is 13.1. The van der Waals surface area contributed by atoms with Crippen molar-refractivity contribution in [3.8, 4) is 11.5 Å². The Morgan fingerprint density at radius 1 is 0.800 bits per heavy atom. The minimum absolute atomic E-state index is 0.0559. The molecule has 40 heavy (non-hydrogen) atoms. The van der Waals surface area contributed by atoms with Gasteiger partial charge in [0.05, 0.1) is 33.0 Å². The monoisotopic (exact) mass is 564 g/mol. The number of carboxylic acid groups (broad SMARTS) is 2. The molecule has 2 rings (SSSR count). The standard InChI is InChI=1S/C28H40N2O10/c1-3-18-7-17(13-31)8-26(36)22(18)10-29(12-27(37)38)9-20(15-33)30(24(16-34)28(39)40)11-23-21(4-2)19(14-32)5-6-25(23)35/h5-8,20,24,31-36H,3-4,9-16H2,1-2H3,(H,37,38)(H,39,40)/t20?,24-/m1/s1. The van der Waals surface area contributed by atoms with Crippen molar-refractivity contribution in [3.63, 3.8) is 0 Å².